The van der Waals surface area contributed by atoms with E-state index in [0.29, 0.717) is 5.13 Å². The molecule has 0 saturated carbocycles. The highest BCUT2D eigenvalue weighted by molar-refractivity contribution is 9.10. The summed E-state index contributed by atoms with van der Waals surface area (Å²) in [5.41, 5.74) is 3.35. The first-order chi connectivity index (χ1) is 9.01. The third-order valence-corrected chi connectivity index (χ3v) is 4.68. The average Bonchev–Trinajstić information content (AvgIpc) is 2.72. The topological polar surface area (TPSA) is 42.0 Å². The average molecular weight is 341 g/mol. The van der Waals surface area contributed by atoms with Crippen molar-refractivity contribution < 1.29 is 4.79 Å². The Labute approximate surface area is 125 Å². The van der Waals surface area contributed by atoms with Crippen LogP contribution in [0.5, 0.6) is 0 Å². The number of benzene rings is 1. The van der Waals surface area contributed by atoms with Crippen molar-refractivity contribution in [1.29, 1.82) is 0 Å². The largest absolute Gasteiger partial charge is 0.301 e. The van der Waals surface area contributed by atoms with Crippen LogP contribution in [-0.4, -0.2) is 15.7 Å². The predicted octanol–water partition coefficient (Wildman–Crippen LogP) is 4.42. The fraction of sp³-hybridized carbons (Fsp3) is 0.429. The summed E-state index contributed by atoms with van der Waals surface area (Å²) in [6.45, 7) is 6.18. The monoisotopic (exact) mass is 340 g/mol. The number of hydrogen-bond donors (Lipinski definition) is 1. The first-order valence-electron chi connectivity index (χ1n) is 6.34. The SMILES string of the molecule is CCC[C@@H](Br)C(=O)Nc1nc2c(C)cc(C)cc2s1. The molecule has 1 aromatic carbocycles. The van der Waals surface area contributed by atoms with Crippen LogP contribution in [0.15, 0.2) is 12.1 Å². The molecule has 0 aliphatic carbocycles. The Morgan fingerprint density at radius 1 is 1.47 bits per heavy atom. The molecule has 0 radical (unpaired) electrons. The molecule has 19 heavy (non-hydrogen) atoms. The minimum atomic E-state index is -0.146. The van der Waals surface area contributed by atoms with Gasteiger partial charge in [0.15, 0.2) is 5.13 Å². The van der Waals surface area contributed by atoms with Gasteiger partial charge in [-0.05, 0) is 37.5 Å². The Hall–Kier alpha value is -0.940. The van der Waals surface area contributed by atoms with Gasteiger partial charge in [0.25, 0.3) is 0 Å². The number of thiazole rings is 1. The van der Waals surface area contributed by atoms with Gasteiger partial charge in [0.2, 0.25) is 5.91 Å². The van der Waals surface area contributed by atoms with Gasteiger partial charge >= 0.3 is 0 Å². The molecule has 0 bridgehead atoms. The summed E-state index contributed by atoms with van der Waals surface area (Å²) in [4.78, 5) is 16.3. The maximum atomic E-state index is 11.9. The zero-order valence-electron chi connectivity index (χ0n) is 11.3. The third kappa shape index (κ3) is 3.34. The number of nitrogens with zero attached hydrogens (tertiary/aromatic N) is 1. The zero-order chi connectivity index (χ0) is 14.0. The van der Waals surface area contributed by atoms with Crippen LogP contribution in [0, 0.1) is 13.8 Å². The van der Waals surface area contributed by atoms with Gasteiger partial charge in [-0.15, -0.1) is 0 Å². The van der Waals surface area contributed by atoms with Crippen molar-refractivity contribution in [2.45, 2.75) is 38.4 Å². The third-order valence-electron chi connectivity index (χ3n) is 2.89. The van der Waals surface area contributed by atoms with Gasteiger partial charge in [-0.3, -0.25) is 4.79 Å². The second-order valence-electron chi connectivity index (χ2n) is 4.69. The summed E-state index contributed by atoms with van der Waals surface area (Å²) in [5.74, 6) is -0.0183. The Morgan fingerprint density at radius 3 is 2.89 bits per heavy atom. The lowest BCUT2D eigenvalue weighted by molar-refractivity contribution is -0.115. The number of halogens is 1. The van der Waals surface area contributed by atoms with Crippen LogP contribution in [0.3, 0.4) is 0 Å². The zero-order valence-corrected chi connectivity index (χ0v) is 13.7. The highest BCUT2D eigenvalue weighted by Gasteiger charge is 2.16. The van der Waals surface area contributed by atoms with Crippen molar-refractivity contribution in [3.8, 4) is 0 Å². The summed E-state index contributed by atoms with van der Waals surface area (Å²) in [5, 5.41) is 3.56. The maximum absolute atomic E-state index is 11.9. The lowest BCUT2D eigenvalue weighted by Gasteiger charge is -2.06. The van der Waals surface area contributed by atoms with Crippen molar-refractivity contribution in [1.82, 2.24) is 4.98 Å². The number of rotatable bonds is 4. The fourth-order valence-electron chi connectivity index (χ4n) is 1.99. The first kappa shape index (κ1) is 14.5. The van der Waals surface area contributed by atoms with Crippen LogP contribution in [0.4, 0.5) is 5.13 Å². The van der Waals surface area contributed by atoms with E-state index in [0.717, 1.165) is 28.6 Å². The number of amides is 1. The van der Waals surface area contributed by atoms with E-state index >= 15 is 0 Å². The quantitative estimate of drug-likeness (QED) is 0.837. The van der Waals surface area contributed by atoms with Crippen LogP contribution in [-0.2, 0) is 4.79 Å². The van der Waals surface area contributed by atoms with Crippen molar-refractivity contribution >= 4 is 48.5 Å². The Bertz CT molecular complexity index is 609. The van der Waals surface area contributed by atoms with Gasteiger partial charge < -0.3 is 5.32 Å². The molecule has 1 atom stereocenters. The number of fused-ring (bicyclic) bond motifs is 1. The Kier molecular flexibility index (Phi) is 4.58. The number of aromatic nitrogens is 1. The molecule has 2 rings (SSSR count). The molecule has 0 spiro atoms. The van der Waals surface area contributed by atoms with Gasteiger partial charge in [0.1, 0.15) is 0 Å². The van der Waals surface area contributed by atoms with E-state index in [-0.39, 0.29) is 10.7 Å². The normalized spacial score (nSPS) is 12.6. The van der Waals surface area contributed by atoms with Crippen LogP contribution in [0.25, 0.3) is 10.2 Å². The summed E-state index contributed by atoms with van der Waals surface area (Å²) in [6, 6.07) is 4.21. The molecule has 0 fully saturated rings. The highest BCUT2D eigenvalue weighted by atomic mass is 79.9. The summed E-state index contributed by atoms with van der Waals surface area (Å²) in [6.07, 6.45) is 1.80. The number of nitrogens with one attached hydrogen (secondary N) is 1. The number of hydrogen-bond acceptors (Lipinski definition) is 3. The van der Waals surface area contributed by atoms with Gasteiger partial charge in [-0.2, -0.15) is 0 Å². The van der Waals surface area contributed by atoms with Gasteiger partial charge in [0.05, 0.1) is 15.0 Å². The van der Waals surface area contributed by atoms with E-state index in [1.807, 2.05) is 6.92 Å². The van der Waals surface area contributed by atoms with Gasteiger partial charge in [0, 0.05) is 0 Å². The molecule has 0 aliphatic heterocycles. The Balaban J connectivity index is 2.22. The van der Waals surface area contributed by atoms with Crippen LogP contribution >= 0.6 is 27.3 Å². The molecule has 2 aromatic rings. The lowest BCUT2D eigenvalue weighted by atomic mass is 10.1. The molecular formula is C14H17BrN2OS. The molecular weight excluding hydrogens is 324 g/mol. The smallest absolute Gasteiger partial charge is 0.239 e. The summed E-state index contributed by atoms with van der Waals surface area (Å²) in [7, 11) is 0. The molecule has 1 aromatic heterocycles. The van der Waals surface area contributed by atoms with E-state index in [1.165, 1.54) is 16.9 Å². The second kappa shape index (κ2) is 6.01. The van der Waals surface area contributed by atoms with Gasteiger partial charge in [-0.25, -0.2) is 4.98 Å². The number of carbonyl (C=O) groups excluding carboxylic acids is 1. The van der Waals surface area contributed by atoms with Crippen molar-refractivity contribution in [2.24, 2.45) is 0 Å². The molecule has 1 heterocycles. The maximum Gasteiger partial charge on any atom is 0.239 e. The van der Waals surface area contributed by atoms with E-state index in [2.05, 4.69) is 52.2 Å². The van der Waals surface area contributed by atoms with Crippen LogP contribution in [0.2, 0.25) is 0 Å². The highest BCUT2D eigenvalue weighted by Crippen LogP contribution is 2.29. The predicted molar refractivity (Wildman–Crippen MR) is 85.3 cm³/mol. The van der Waals surface area contributed by atoms with Crippen LogP contribution in [0.1, 0.15) is 30.9 Å². The molecule has 0 unspecified atom stereocenters. The molecule has 0 saturated heterocycles. The first-order valence-corrected chi connectivity index (χ1v) is 8.07. The summed E-state index contributed by atoms with van der Waals surface area (Å²) < 4.78 is 1.12. The minimum absolute atomic E-state index is 0.0183. The van der Waals surface area contributed by atoms with E-state index in [4.69, 9.17) is 0 Å². The van der Waals surface area contributed by atoms with E-state index in [9.17, 15) is 4.79 Å². The Morgan fingerprint density at radius 2 is 2.21 bits per heavy atom. The van der Waals surface area contributed by atoms with Crippen LogP contribution < -0.4 is 5.32 Å². The standard InChI is InChI=1S/C14H17BrN2OS/c1-4-5-10(15)13(18)17-14-16-12-9(3)6-8(2)7-11(12)19-14/h6-7,10H,4-5H2,1-3H3,(H,16,17,18)/t10-/m1/s1. The molecule has 1 N–H and O–H groups in total. The van der Waals surface area contributed by atoms with Crippen molar-refractivity contribution in [3.05, 3.63) is 23.3 Å². The minimum Gasteiger partial charge on any atom is -0.301 e. The number of aryl methyl sites for hydroxylation is 2. The second-order valence-corrected chi connectivity index (χ2v) is 6.83. The molecule has 102 valence electrons. The van der Waals surface area contributed by atoms with E-state index in [1.54, 1.807) is 0 Å². The number of carbonyl (C=O) groups is 1. The summed E-state index contributed by atoms with van der Waals surface area (Å²) >= 11 is 4.92. The molecule has 5 heteroatoms. The van der Waals surface area contributed by atoms with Gasteiger partial charge in [-0.1, -0.05) is 46.7 Å². The molecule has 0 aliphatic rings. The molecule has 3 nitrogen and oxygen atoms in total. The lowest BCUT2D eigenvalue weighted by Crippen LogP contribution is -2.22. The fourth-order valence-corrected chi connectivity index (χ4v) is 3.61. The number of anilines is 1. The van der Waals surface area contributed by atoms with Crippen molar-refractivity contribution in [3.63, 3.8) is 0 Å². The molecule has 1 amide bonds. The van der Waals surface area contributed by atoms with Crippen molar-refractivity contribution in [2.75, 3.05) is 5.32 Å². The number of alkyl halides is 1. The van der Waals surface area contributed by atoms with E-state index < -0.39 is 0 Å².